The van der Waals surface area contributed by atoms with Crippen molar-refractivity contribution in [1.29, 1.82) is 0 Å². The zero-order valence-corrected chi connectivity index (χ0v) is 15.5. The number of nitrogens with one attached hydrogen (secondary N) is 2. The lowest BCUT2D eigenvalue weighted by molar-refractivity contribution is -0.120. The Morgan fingerprint density at radius 3 is 2.58 bits per heavy atom. The van der Waals surface area contributed by atoms with Crippen molar-refractivity contribution < 1.29 is 9.53 Å². The van der Waals surface area contributed by atoms with Gasteiger partial charge in [0.2, 0.25) is 5.91 Å². The molecular formula is C17H27Cl2N3O2. The molecule has 5 nitrogen and oxygen atoms in total. The van der Waals surface area contributed by atoms with Crippen LogP contribution >= 0.6 is 24.8 Å². The van der Waals surface area contributed by atoms with Gasteiger partial charge in [-0.3, -0.25) is 4.79 Å². The third-order valence-electron chi connectivity index (χ3n) is 4.32. The van der Waals surface area contributed by atoms with Gasteiger partial charge in [-0.1, -0.05) is 18.9 Å². The number of morpholine rings is 1. The summed E-state index contributed by atoms with van der Waals surface area (Å²) in [6.45, 7) is 4.06. The van der Waals surface area contributed by atoms with E-state index in [0.29, 0.717) is 13.2 Å². The summed E-state index contributed by atoms with van der Waals surface area (Å²) >= 11 is 0. The van der Waals surface area contributed by atoms with E-state index >= 15 is 0 Å². The number of rotatable bonds is 3. The normalized spacial score (nSPS) is 21.0. The zero-order chi connectivity index (χ0) is 15.2. The Bertz CT molecular complexity index is 502. The topological polar surface area (TPSA) is 53.6 Å². The van der Waals surface area contributed by atoms with Gasteiger partial charge in [0.05, 0.1) is 13.2 Å². The molecule has 136 valence electrons. The lowest BCUT2D eigenvalue weighted by Gasteiger charge is -2.25. The van der Waals surface area contributed by atoms with Crippen LogP contribution in [0.1, 0.15) is 25.7 Å². The highest BCUT2D eigenvalue weighted by Gasteiger charge is 2.21. The number of hydrogen-bond donors (Lipinski definition) is 2. The van der Waals surface area contributed by atoms with Gasteiger partial charge in [0, 0.05) is 31.0 Å². The molecule has 2 fully saturated rings. The fourth-order valence-corrected chi connectivity index (χ4v) is 3.07. The van der Waals surface area contributed by atoms with Crippen molar-refractivity contribution in [1.82, 2.24) is 5.32 Å². The third-order valence-corrected chi connectivity index (χ3v) is 4.32. The molecule has 0 saturated carbocycles. The van der Waals surface area contributed by atoms with Gasteiger partial charge in [-0.15, -0.1) is 24.8 Å². The number of nitrogens with zero attached hydrogens (tertiary/aromatic N) is 1. The first kappa shape index (κ1) is 21.0. The van der Waals surface area contributed by atoms with Crippen molar-refractivity contribution in [3.8, 4) is 0 Å². The van der Waals surface area contributed by atoms with E-state index in [9.17, 15) is 4.79 Å². The SMILES string of the molecule is Cl.Cl.O=C(Nc1cccc(N2CCCCCC2)c1)C1COCCN1. The standard InChI is InChI=1S/C17H25N3O2.2ClH/c21-17(16-13-22-11-8-18-16)19-14-6-5-7-15(12-14)20-9-3-1-2-4-10-20;;/h5-7,12,16,18H,1-4,8-11,13H2,(H,19,21);2*1H. The molecule has 2 aliphatic rings. The van der Waals surface area contributed by atoms with E-state index in [0.717, 1.165) is 25.3 Å². The number of carbonyl (C=O) groups excluding carboxylic acids is 1. The Kier molecular flexibility index (Phi) is 9.44. The van der Waals surface area contributed by atoms with Gasteiger partial charge in [0.15, 0.2) is 0 Å². The molecule has 0 aromatic heterocycles. The first-order valence-corrected chi connectivity index (χ1v) is 8.30. The van der Waals surface area contributed by atoms with Crippen LogP contribution in [0.5, 0.6) is 0 Å². The molecule has 2 N–H and O–H groups in total. The van der Waals surface area contributed by atoms with E-state index in [1.165, 1.54) is 31.4 Å². The maximum Gasteiger partial charge on any atom is 0.243 e. The number of anilines is 2. The van der Waals surface area contributed by atoms with Gasteiger partial charge in [-0.05, 0) is 31.0 Å². The highest BCUT2D eigenvalue weighted by molar-refractivity contribution is 5.95. The molecule has 7 heteroatoms. The van der Waals surface area contributed by atoms with Crippen LogP contribution in [0, 0.1) is 0 Å². The molecule has 2 heterocycles. The van der Waals surface area contributed by atoms with Crippen LogP contribution in [0.4, 0.5) is 11.4 Å². The van der Waals surface area contributed by atoms with Gasteiger partial charge in [0.25, 0.3) is 0 Å². The highest BCUT2D eigenvalue weighted by atomic mass is 35.5. The Morgan fingerprint density at radius 2 is 1.92 bits per heavy atom. The predicted molar refractivity (Wildman–Crippen MR) is 103 cm³/mol. The minimum atomic E-state index is -0.254. The van der Waals surface area contributed by atoms with Crippen LogP contribution < -0.4 is 15.5 Å². The summed E-state index contributed by atoms with van der Waals surface area (Å²) in [5.74, 6) is -0.0206. The van der Waals surface area contributed by atoms with E-state index in [1.807, 2.05) is 12.1 Å². The second kappa shape index (κ2) is 10.8. The molecule has 2 saturated heterocycles. The molecule has 24 heavy (non-hydrogen) atoms. The summed E-state index contributed by atoms with van der Waals surface area (Å²) in [6.07, 6.45) is 5.14. The van der Waals surface area contributed by atoms with Gasteiger partial charge in [-0.25, -0.2) is 0 Å². The molecule has 1 unspecified atom stereocenters. The molecule has 3 rings (SSSR count). The number of carbonyl (C=O) groups is 1. The lowest BCUT2D eigenvalue weighted by Crippen LogP contribution is -2.48. The average Bonchev–Trinajstić information content (AvgIpc) is 2.85. The summed E-state index contributed by atoms with van der Waals surface area (Å²) in [5.41, 5.74) is 2.06. The average molecular weight is 376 g/mol. The number of ether oxygens (including phenoxy) is 1. The van der Waals surface area contributed by atoms with E-state index in [4.69, 9.17) is 4.74 Å². The molecule has 0 aliphatic carbocycles. The van der Waals surface area contributed by atoms with Crippen molar-refractivity contribution in [2.45, 2.75) is 31.7 Å². The fraction of sp³-hybridized carbons (Fsp3) is 0.588. The molecule has 1 amide bonds. The molecule has 2 aliphatic heterocycles. The highest BCUT2D eigenvalue weighted by Crippen LogP contribution is 2.23. The third kappa shape index (κ3) is 5.81. The number of hydrogen-bond acceptors (Lipinski definition) is 4. The number of halogens is 2. The first-order chi connectivity index (χ1) is 10.8. The molecule has 0 bridgehead atoms. The molecule has 1 atom stereocenters. The van der Waals surface area contributed by atoms with Crippen LogP contribution in [0.2, 0.25) is 0 Å². The molecule has 0 radical (unpaired) electrons. The van der Waals surface area contributed by atoms with Gasteiger partial charge in [-0.2, -0.15) is 0 Å². The summed E-state index contributed by atoms with van der Waals surface area (Å²) in [4.78, 5) is 14.7. The van der Waals surface area contributed by atoms with Crippen molar-refractivity contribution in [2.24, 2.45) is 0 Å². The van der Waals surface area contributed by atoms with Crippen LogP contribution in [0.3, 0.4) is 0 Å². The Labute approximate surface area is 156 Å². The second-order valence-corrected chi connectivity index (χ2v) is 6.02. The van der Waals surface area contributed by atoms with E-state index < -0.39 is 0 Å². The van der Waals surface area contributed by atoms with Crippen molar-refractivity contribution in [2.75, 3.05) is 43.1 Å². The molecule has 1 aromatic rings. The number of benzene rings is 1. The predicted octanol–water partition coefficient (Wildman–Crippen LogP) is 2.84. The summed E-state index contributed by atoms with van der Waals surface area (Å²) in [5, 5.41) is 6.18. The van der Waals surface area contributed by atoms with Crippen molar-refractivity contribution >= 4 is 42.1 Å². The Hall–Kier alpha value is -1.01. The van der Waals surface area contributed by atoms with E-state index in [2.05, 4.69) is 27.7 Å². The number of amides is 1. The minimum Gasteiger partial charge on any atom is -0.378 e. The smallest absolute Gasteiger partial charge is 0.243 e. The maximum absolute atomic E-state index is 12.2. The Morgan fingerprint density at radius 1 is 1.17 bits per heavy atom. The summed E-state index contributed by atoms with van der Waals surface area (Å²) in [7, 11) is 0. The molecule has 0 spiro atoms. The largest absolute Gasteiger partial charge is 0.378 e. The van der Waals surface area contributed by atoms with E-state index in [-0.39, 0.29) is 36.8 Å². The minimum absolute atomic E-state index is 0. The maximum atomic E-state index is 12.2. The fourth-order valence-electron chi connectivity index (χ4n) is 3.07. The van der Waals surface area contributed by atoms with Crippen LogP contribution in [-0.2, 0) is 9.53 Å². The summed E-state index contributed by atoms with van der Waals surface area (Å²) in [6, 6.07) is 7.91. The van der Waals surface area contributed by atoms with Gasteiger partial charge in [0.1, 0.15) is 6.04 Å². The summed E-state index contributed by atoms with van der Waals surface area (Å²) < 4.78 is 5.34. The second-order valence-electron chi connectivity index (χ2n) is 6.02. The van der Waals surface area contributed by atoms with Crippen LogP contribution in [0.15, 0.2) is 24.3 Å². The van der Waals surface area contributed by atoms with Gasteiger partial charge >= 0.3 is 0 Å². The zero-order valence-electron chi connectivity index (χ0n) is 13.8. The van der Waals surface area contributed by atoms with Crippen molar-refractivity contribution in [3.05, 3.63) is 24.3 Å². The van der Waals surface area contributed by atoms with Crippen molar-refractivity contribution in [3.63, 3.8) is 0 Å². The monoisotopic (exact) mass is 375 g/mol. The Balaban J connectivity index is 0.00000144. The first-order valence-electron chi connectivity index (χ1n) is 8.30. The molecule has 1 aromatic carbocycles. The van der Waals surface area contributed by atoms with E-state index in [1.54, 1.807) is 0 Å². The van der Waals surface area contributed by atoms with Gasteiger partial charge < -0.3 is 20.3 Å². The van der Waals surface area contributed by atoms with Crippen LogP contribution in [-0.4, -0.2) is 44.8 Å². The molecular weight excluding hydrogens is 349 g/mol. The van der Waals surface area contributed by atoms with Crippen LogP contribution in [0.25, 0.3) is 0 Å². The quantitative estimate of drug-likeness (QED) is 0.852. The lowest BCUT2D eigenvalue weighted by atomic mass is 10.2.